The van der Waals surface area contributed by atoms with E-state index in [1.165, 1.54) is 12.4 Å². The standard InChI is InChI=1S/C20H16N4O3S2/c25-19-16-9-5-4-8-15(16)17(12-18(19)28-20-21-13-22-23-20)24-29(26,27)11-10-14-6-2-1-3-7-14/h1-13,24-25H,(H,21,22,23)/b11-10+. The van der Waals surface area contributed by atoms with Gasteiger partial charge in [0.2, 0.25) is 5.16 Å². The van der Waals surface area contributed by atoms with Crippen LogP contribution in [0.4, 0.5) is 5.69 Å². The monoisotopic (exact) mass is 424 g/mol. The molecule has 0 spiro atoms. The summed E-state index contributed by atoms with van der Waals surface area (Å²) in [6.45, 7) is 0. The van der Waals surface area contributed by atoms with Gasteiger partial charge in [0.05, 0.1) is 16.0 Å². The van der Waals surface area contributed by atoms with E-state index in [4.69, 9.17) is 0 Å². The van der Waals surface area contributed by atoms with Crippen molar-refractivity contribution < 1.29 is 13.5 Å². The summed E-state index contributed by atoms with van der Waals surface area (Å²) in [7, 11) is -3.77. The molecule has 0 fully saturated rings. The topological polar surface area (TPSA) is 108 Å². The predicted octanol–water partition coefficient (Wildman–Crippen LogP) is 4.23. The van der Waals surface area contributed by atoms with Crippen molar-refractivity contribution >= 4 is 44.3 Å². The molecule has 0 saturated heterocycles. The lowest BCUT2D eigenvalue weighted by Crippen LogP contribution is -2.09. The highest BCUT2D eigenvalue weighted by molar-refractivity contribution is 7.99. The summed E-state index contributed by atoms with van der Waals surface area (Å²) in [5, 5.41) is 19.9. The Morgan fingerprint density at radius 1 is 1.03 bits per heavy atom. The van der Waals surface area contributed by atoms with Gasteiger partial charge in [0.1, 0.15) is 12.1 Å². The number of sulfonamides is 1. The third kappa shape index (κ3) is 4.41. The minimum Gasteiger partial charge on any atom is -0.506 e. The van der Waals surface area contributed by atoms with E-state index < -0.39 is 10.0 Å². The van der Waals surface area contributed by atoms with Crippen molar-refractivity contribution in [1.82, 2.24) is 15.2 Å². The van der Waals surface area contributed by atoms with E-state index in [1.54, 1.807) is 30.3 Å². The highest BCUT2D eigenvalue weighted by atomic mass is 32.2. The summed E-state index contributed by atoms with van der Waals surface area (Å²) in [4.78, 5) is 4.47. The number of phenols is 1. The number of aromatic amines is 1. The summed E-state index contributed by atoms with van der Waals surface area (Å²) in [5.74, 6) is 0.0400. The van der Waals surface area contributed by atoms with Crippen LogP contribution in [0, 0.1) is 0 Å². The molecule has 146 valence electrons. The Morgan fingerprint density at radius 3 is 2.48 bits per heavy atom. The number of nitrogens with one attached hydrogen (secondary N) is 2. The molecule has 3 N–H and O–H groups in total. The average Bonchev–Trinajstić information content (AvgIpc) is 3.24. The van der Waals surface area contributed by atoms with E-state index in [0.717, 1.165) is 22.7 Å². The van der Waals surface area contributed by atoms with Crippen LogP contribution < -0.4 is 4.72 Å². The Labute approximate surface area is 171 Å². The second-order valence-electron chi connectivity index (χ2n) is 6.06. The summed E-state index contributed by atoms with van der Waals surface area (Å²) in [6.07, 6.45) is 2.95. The number of fused-ring (bicyclic) bond motifs is 1. The van der Waals surface area contributed by atoms with Crippen molar-refractivity contribution in [2.24, 2.45) is 0 Å². The predicted molar refractivity (Wildman–Crippen MR) is 114 cm³/mol. The number of H-pyrrole nitrogens is 1. The van der Waals surface area contributed by atoms with Crippen LogP contribution in [0.25, 0.3) is 16.8 Å². The molecular weight excluding hydrogens is 408 g/mol. The smallest absolute Gasteiger partial charge is 0.255 e. The highest BCUT2D eigenvalue weighted by Crippen LogP contribution is 2.41. The maximum Gasteiger partial charge on any atom is 0.255 e. The Hall–Kier alpha value is -3.30. The maximum absolute atomic E-state index is 12.6. The van der Waals surface area contributed by atoms with Gasteiger partial charge < -0.3 is 5.11 Å². The van der Waals surface area contributed by atoms with Gasteiger partial charge in [-0.15, -0.1) is 5.10 Å². The second kappa shape index (κ2) is 7.98. The van der Waals surface area contributed by atoms with Gasteiger partial charge in [-0.3, -0.25) is 9.82 Å². The molecule has 9 heteroatoms. The zero-order valence-corrected chi connectivity index (χ0v) is 16.6. The third-order valence-corrected chi connectivity index (χ3v) is 5.98. The molecule has 29 heavy (non-hydrogen) atoms. The average molecular weight is 425 g/mol. The van der Waals surface area contributed by atoms with E-state index in [9.17, 15) is 13.5 Å². The Balaban J connectivity index is 1.72. The van der Waals surface area contributed by atoms with Crippen LogP contribution in [0.5, 0.6) is 5.75 Å². The fourth-order valence-electron chi connectivity index (χ4n) is 2.76. The van der Waals surface area contributed by atoms with Crippen molar-refractivity contribution in [3.8, 4) is 5.75 Å². The van der Waals surface area contributed by atoms with Crippen molar-refractivity contribution in [3.05, 3.63) is 78.0 Å². The number of phenolic OH excluding ortho intramolecular Hbond substituents is 1. The second-order valence-corrected chi connectivity index (χ2v) is 8.64. The van der Waals surface area contributed by atoms with Crippen molar-refractivity contribution in [2.75, 3.05) is 4.72 Å². The molecule has 0 aliphatic rings. The number of anilines is 1. The lowest BCUT2D eigenvalue weighted by molar-refractivity contribution is 0.469. The van der Waals surface area contributed by atoms with Crippen molar-refractivity contribution in [2.45, 2.75) is 10.1 Å². The van der Waals surface area contributed by atoms with Crippen LogP contribution in [0.2, 0.25) is 0 Å². The molecule has 0 amide bonds. The van der Waals surface area contributed by atoms with Gasteiger partial charge >= 0.3 is 0 Å². The molecule has 0 aliphatic heterocycles. The van der Waals surface area contributed by atoms with Gasteiger partial charge in [-0.2, -0.15) is 0 Å². The van der Waals surface area contributed by atoms with Crippen LogP contribution in [0.1, 0.15) is 5.56 Å². The van der Waals surface area contributed by atoms with Gasteiger partial charge in [-0.1, -0.05) is 54.6 Å². The van der Waals surface area contributed by atoms with Crippen LogP contribution in [0.15, 0.2) is 82.5 Å². The third-order valence-electron chi connectivity index (χ3n) is 4.07. The van der Waals surface area contributed by atoms with E-state index >= 15 is 0 Å². The van der Waals surface area contributed by atoms with Gasteiger partial charge in [0, 0.05) is 10.8 Å². The summed E-state index contributed by atoms with van der Waals surface area (Å²) < 4.78 is 27.9. The zero-order valence-electron chi connectivity index (χ0n) is 15.0. The van der Waals surface area contributed by atoms with E-state index in [2.05, 4.69) is 19.9 Å². The first-order chi connectivity index (χ1) is 14.0. The fourth-order valence-corrected chi connectivity index (χ4v) is 4.42. The van der Waals surface area contributed by atoms with Crippen LogP contribution >= 0.6 is 11.8 Å². The lowest BCUT2D eigenvalue weighted by atomic mass is 10.1. The molecule has 7 nitrogen and oxygen atoms in total. The molecule has 0 aliphatic carbocycles. The number of benzene rings is 3. The molecule has 1 heterocycles. The molecule has 0 unspecified atom stereocenters. The number of rotatable bonds is 6. The highest BCUT2D eigenvalue weighted by Gasteiger charge is 2.16. The van der Waals surface area contributed by atoms with Crippen molar-refractivity contribution in [1.29, 1.82) is 0 Å². The number of hydrogen-bond acceptors (Lipinski definition) is 6. The first kappa shape index (κ1) is 19.0. The minimum atomic E-state index is -3.77. The number of aromatic nitrogens is 3. The molecule has 0 atom stereocenters. The van der Waals surface area contributed by atoms with Gasteiger partial charge in [0.15, 0.2) is 0 Å². The molecule has 0 saturated carbocycles. The summed E-state index contributed by atoms with van der Waals surface area (Å²) >= 11 is 1.13. The minimum absolute atomic E-state index is 0.0400. The van der Waals surface area contributed by atoms with Crippen LogP contribution in [0.3, 0.4) is 0 Å². The lowest BCUT2D eigenvalue weighted by Gasteiger charge is -2.13. The molecule has 4 rings (SSSR count). The quantitative estimate of drug-likeness (QED) is 0.400. The molecule has 3 aromatic carbocycles. The largest absolute Gasteiger partial charge is 0.506 e. The molecular formula is C20H16N4O3S2. The number of aromatic hydroxyl groups is 1. The number of hydrogen-bond donors (Lipinski definition) is 3. The zero-order chi connectivity index (χ0) is 20.3. The molecule has 4 aromatic rings. The fraction of sp³-hybridized carbons (Fsp3) is 0. The molecule has 1 aromatic heterocycles. The summed E-state index contributed by atoms with van der Waals surface area (Å²) in [5.41, 5.74) is 1.13. The molecule has 0 bridgehead atoms. The maximum atomic E-state index is 12.6. The SMILES string of the molecule is O=S(=O)(/C=C/c1ccccc1)Nc1cc(Sc2nc[nH]n2)c(O)c2ccccc12. The first-order valence-electron chi connectivity index (χ1n) is 8.56. The first-order valence-corrected chi connectivity index (χ1v) is 10.9. The number of nitrogens with zero attached hydrogens (tertiary/aromatic N) is 2. The Morgan fingerprint density at radius 2 is 1.76 bits per heavy atom. The van der Waals surface area contributed by atoms with E-state index in [-0.39, 0.29) is 5.75 Å². The van der Waals surface area contributed by atoms with E-state index in [1.807, 2.05) is 30.3 Å². The van der Waals surface area contributed by atoms with Gasteiger partial charge in [-0.05, 0) is 29.5 Å². The Kier molecular flexibility index (Phi) is 5.24. The van der Waals surface area contributed by atoms with E-state index in [0.29, 0.717) is 26.5 Å². The molecule has 0 radical (unpaired) electrons. The van der Waals surface area contributed by atoms with Crippen molar-refractivity contribution in [3.63, 3.8) is 0 Å². The Bertz CT molecular complexity index is 1270. The normalized spacial score (nSPS) is 11.9. The van der Waals surface area contributed by atoms with Crippen LogP contribution in [-0.4, -0.2) is 28.7 Å². The van der Waals surface area contributed by atoms with Gasteiger partial charge in [-0.25, -0.2) is 13.4 Å². The van der Waals surface area contributed by atoms with Crippen LogP contribution in [-0.2, 0) is 10.0 Å². The van der Waals surface area contributed by atoms with Gasteiger partial charge in [0.25, 0.3) is 10.0 Å². The summed E-state index contributed by atoms with van der Waals surface area (Å²) in [6, 6.07) is 17.8.